The molecule has 1 atom stereocenters. The van der Waals surface area contributed by atoms with Crippen molar-refractivity contribution in [2.45, 2.75) is 52.3 Å². The smallest absolute Gasteiger partial charge is 0.409 e. The van der Waals surface area contributed by atoms with E-state index in [1.165, 1.54) is 0 Å². The maximum absolute atomic E-state index is 13.0. The van der Waals surface area contributed by atoms with Crippen LogP contribution in [0.4, 0.5) is 4.79 Å². The minimum Gasteiger partial charge on any atom is -0.462 e. The summed E-state index contributed by atoms with van der Waals surface area (Å²) in [5.41, 5.74) is 1.18. The van der Waals surface area contributed by atoms with Gasteiger partial charge in [0.25, 0.3) is 11.8 Å². The van der Waals surface area contributed by atoms with Gasteiger partial charge < -0.3 is 14.8 Å². The van der Waals surface area contributed by atoms with E-state index in [1.54, 1.807) is 76.2 Å². The van der Waals surface area contributed by atoms with Crippen molar-refractivity contribution in [2.24, 2.45) is 0 Å². The quantitative estimate of drug-likeness (QED) is 0.504. The van der Waals surface area contributed by atoms with E-state index in [2.05, 4.69) is 5.32 Å². The highest BCUT2D eigenvalue weighted by Crippen LogP contribution is 2.25. The molecule has 0 saturated heterocycles. The summed E-state index contributed by atoms with van der Waals surface area (Å²) in [5.74, 6) is -1.33. The molecule has 0 fully saturated rings. The highest BCUT2D eigenvalue weighted by molar-refractivity contribution is 6.21. The normalized spacial score (nSPS) is 14.0. The molecule has 33 heavy (non-hydrogen) atoms. The Balaban J connectivity index is 1.78. The topological polar surface area (TPSA) is 102 Å². The van der Waals surface area contributed by atoms with Gasteiger partial charge in [-0.1, -0.05) is 24.3 Å². The summed E-state index contributed by atoms with van der Waals surface area (Å²) < 4.78 is 10.3. The molecular formula is C25H28N2O6. The molecule has 0 spiro atoms. The van der Waals surface area contributed by atoms with Crippen LogP contribution in [-0.2, 0) is 15.9 Å². The maximum Gasteiger partial charge on any atom is 0.409 e. The van der Waals surface area contributed by atoms with Crippen LogP contribution < -0.4 is 5.32 Å². The number of hydrogen-bond donors (Lipinski definition) is 1. The fraction of sp³-hybridized carbons (Fsp3) is 0.360. The van der Waals surface area contributed by atoms with Gasteiger partial charge in [-0.2, -0.15) is 0 Å². The third-order valence-corrected chi connectivity index (χ3v) is 4.99. The molecule has 8 heteroatoms. The summed E-state index contributed by atoms with van der Waals surface area (Å²) in [4.78, 5) is 51.3. The zero-order valence-electron chi connectivity index (χ0n) is 19.2. The van der Waals surface area contributed by atoms with Crippen molar-refractivity contribution in [1.82, 2.24) is 10.2 Å². The molecule has 2 aromatic rings. The molecule has 3 rings (SSSR count). The predicted molar refractivity (Wildman–Crippen MR) is 121 cm³/mol. The predicted octanol–water partition coefficient (Wildman–Crippen LogP) is 3.94. The van der Waals surface area contributed by atoms with Crippen LogP contribution in [0.3, 0.4) is 0 Å². The minimum atomic E-state index is -0.906. The Labute approximate surface area is 192 Å². The van der Waals surface area contributed by atoms with Crippen LogP contribution in [0.2, 0.25) is 0 Å². The molecule has 1 aliphatic rings. The molecule has 0 aliphatic carbocycles. The van der Waals surface area contributed by atoms with Crippen molar-refractivity contribution in [1.29, 1.82) is 0 Å². The molecule has 174 valence electrons. The van der Waals surface area contributed by atoms with Gasteiger partial charge in [-0.15, -0.1) is 0 Å². The number of nitrogens with zero attached hydrogens (tertiary/aromatic N) is 1. The number of amides is 3. The molecule has 0 radical (unpaired) electrons. The maximum atomic E-state index is 13.0. The summed E-state index contributed by atoms with van der Waals surface area (Å²) in [6, 6.07) is 13.4. The molecule has 1 unspecified atom stereocenters. The SMILES string of the molecule is CCOC(=O)c1ccc(CCC(NC(=O)OC(C)(C)C)N2C(=O)c3ccccc3C2=O)cc1. The Morgan fingerprint density at radius 3 is 2.06 bits per heavy atom. The standard InChI is InChI=1S/C25H28N2O6/c1-5-32-23(30)17-13-10-16(11-14-17)12-15-20(26-24(31)33-25(2,3)4)27-21(28)18-8-6-7-9-19(18)22(27)29/h6-11,13-14,20H,5,12,15H2,1-4H3,(H,26,31). The Morgan fingerprint density at radius 2 is 1.55 bits per heavy atom. The first kappa shape index (κ1) is 24.0. The number of rotatable bonds is 7. The first-order valence-electron chi connectivity index (χ1n) is 10.8. The Kier molecular flexibility index (Phi) is 7.16. The minimum absolute atomic E-state index is 0.267. The first-order chi connectivity index (χ1) is 15.6. The second-order valence-electron chi connectivity index (χ2n) is 8.64. The summed E-state index contributed by atoms with van der Waals surface area (Å²) in [6.07, 6.45) is -0.917. The van der Waals surface area contributed by atoms with E-state index in [0.717, 1.165) is 10.5 Å². The molecule has 1 N–H and O–H groups in total. The fourth-order valence-corrected chi connectivity index (χ4v) is 3.53. The number of alkyl carbamates (subject to hydrolysis) is 1. The number of esters is 1. The monoisotopic (exact) mass is 452 g/mol. The molecule has 8 nitrogen and oxygen atoms in total. The van der Waals surface area contributed by atoms with Gasteiger partial charge in [-0.3, -0.25) is 14.5 Å². The molecule has 0 bridgehead atoms. The zero-order chi connectivity index (χ0) is 24.2. The largest absolute Gasteiger partial charge is 0.462 e. The highest BCUT2D eigenvalue weighted by atomic mass is 16.6. The zero-order valence-corrected chi connectivity index (χ0v) is 19.2. The number of imide groups is 1. The fourth-order valence-electron chi connectivity index (χ4n) is 3.53. The van der Waals surface area contributed by atoms with Crippen LogP contribution >= 0.6 is 0 Å². The van der Waals surface area contributed by atoms with E-state index in [-0.39, 0.29) is 6.42 Å². The summed E-state index contributed by atoms with van der Waals surface area (Å²) in [5, 5.41) is 2.68. The molecule has 0 saturated carbocycles. The van der Waals surface area contributed by atoms with Crippen LogP contribution in [0.25, 0.3) is 0 Å². The number of benzene rings is 2. The number of fused-ring (bicyclic) bond motifs is 1. The van der Waals surface area contributed by atoms with Gasteiger partial charge >= 0.3 is 12.1 Å². The molecule has 3 amide bonds. The van der Waals surface area contributed by atoms with E-state index in [9.17, 15) is 19.2 Å². The molecule has 1 aliphatic heterocycles. The molecule has 1 heterocycles. The van der Waals surface area contributed by atoms with Crippen molar-refractivity contribution < 1.29 is 28.7 Å². The van der Waals surface area contributed by atoms with E-state index < -0.39 is 35.6 Å². The molecule has 0 aromatic heterocycles. The van der Waals surface area contributed by atoms with E-state index >= 15 is 0 Å². The summed E-state index contributed by atoms with van der Waals surface area (Å²) >= 11 is 0. The van der Waals surface area contributed by atoms with Crippen molar-refractivity contribution in [3.63, 3.8) is 0 Å². The summed E-state index contributed by atoms with van der Waals surface area (Å²) in [6.45, 7) is 7.22. The van der Waals surface area contributed by atoms with Crippen LogP contribution in [0.1, 0.15) is 70.8 Å². The van der Waals surface area contributed by atoms with Crippen LogP contribution in [-0.4, -0.2) is 47.2 Å². The van der Waals surface area contributed by atoms with E-state index in [0.29, 0.717) is 29.7 Å². The van der Waals surface area contributed by atoms with Crippen molar-refractivity contribution in [3.8, 4) is 0 Å². The Morgan fingerprint density at radius 1 is 0.970 bits per heavy atom. The number of aryl methyl sites for hydroxylation is 1. The van der Waals surface area contributed by atoms with Crippen molar-refractivity contribution in [2.75, 3.05) is 6.61 Å². The number of carbonyl (C=O) groups is 4. The van der Waals surface area contributed by atoms with Crippen molar-refractivity contribution >= 4 is 23.9 Å². The van der Waals surface area contributed by atoms with Gasteiger partial charge in [-0.05, 0) is 70.4 Å². The lowest BCUT2D eigenvalue weighted by Gasteiger charge is -2.29. The second kappa shape index (κ2) is 9.85. The van der Waals surface area contributed by atoms with E-state index in [4.69, 9.17) is 9.47 Å². The number of hydrogen-bond acceptors (Lipinski definition) is 6. The van der Waals surface area contributed by atoms with E-state index in [1.807, 2.05) is 0 Å². The number of carbonyl (C=O) groups excluding carboxylic acids is 4. The lowest BCUT2D eigenvalue weighted by molar-refractivity contribution is 0.0377. The first-order valence-corrected chi connectivity index (χ1v) is 10.8. The third-order valence-electron chi connectivity index (χ3n) is 4.99. The number of ether oxygens (including phenoxy) is 2. The third kappa shape index (κ3) is 5.77. The Hall–Kier alpha value is -3.68. The van der Waals surface area contributed by atoms with Gasteiger partial charge in [0, 0.05) is 0 Å². The van der Waals surface area contributed by atoms with Gasteiger partial charge in [-0.25, -0.2) is 9.59 Å². The van der Waals surface area contributed by atoms with Gasteiger partial charge in [0.1, 0.15) is 11.8 Å². The van der Waals surface area contributed by atoms with Crippen LogP contribution in [0.15, 0.2) is 48.5 Å². The van der Waals surface area contributed by atoms with Crippen LogP contribution in [0, 0.1) is 0 Å². The van der Waals surface area contributed by atoms with Crippen molar-refractivity contribution in [3.05, 3.63) is 70.8 Å². The second-order valence-corrected chi connectivity index (χ2v) is 8.64. The van der Waals surface area contributed by atoms with Crippen LogP contribution in [0.5, 0.6) is 0 Å². The molecular weight excluding hydrogens is 424 g/mol. The van der Waals surface area contributed by atoms with Gasteiger partial charge in [0.15, 0.2) is 0 Å². The average Bonchev–Trinajstić information content (AvgIpc) is 3.01. The van der Waals surface area contributed by atoms with Gasteiger partial charge in [0.05, 0.1) is 23.3 Å². The Bertz CT molecular complexity index is 1020. The average molecular weight is 453 g/mol. The highest BCUT2D eigenvalue weighted by Gasteiger charge is 2.40. The summed E-state index contributed by atoms with van der Waals surface area (Å²) in [7, 11) is 0. The lowest BCUT2D eigenvalue weighted by atomic mass is 10.1. The van der Waals surface area contributed by atoms with Gasteiger partial charge in [0.2, 0.25) is 0 Å². The lowest BCUT2D eigenvalue weighted by Crippen LogP contribution is -2.52. The number of nitrogens with one attached hydrogen (secondary N) is 1. The molecule has 2 aromatic carbocycles.